The molecule has 13 heteroatoms. The summed E-state index contributed by atoms with van der Waals surface area (Å²) >= 11 is 6.28. The van der Waals surface area contributed by atoms with E-state index in [1.54, 1.807) is 28.7 Å². The van der Waals surface area contributed by atoms with Gasteiger partial charge in [-0.3, -0.25) is 23.7 Å². The Morgan fingerprint density at radius 2 is 1.85 bits per heavy atom. The molecule has 1 amide bonds. The fourth-order valence-corrected chi connectivity index (χ4v) is 7.43. The second kappa shape index (κ2) is 11.8. The smallest absolute Gasteiger partial charge is 0.259 e. The van der Waals surface area contributed by atoms with E-state index in [4.69, 9.17) is 16.7 Å². The van der Waals surface area contributed by atoms with Crippen molar-refractivity contribution in [1.29, 1.82) is 0 Å². The molecule has 7 rings (SSSR count). The van der Waals surface area contributed by atoms with Crippen LogP contribution in [0, 0.1) is 6.92 Å². The van der Waals surface area contributed by atoms with Crippen LogP contribution in [-0.2, 0) is 18.9 Å². The Hall–Kier alpha value is -4.29. The molecule has 2 aliphatic heterocycles. The normalized spacial score (nSPS) is 18.6. The van der Waals surface area contributed by atoms with E-state index >= 15 is 0 Å². The van der Waals surface area contributed by atoms with Crippen LogP contribution in [0.25, 0.3) is 33.3 Å². The molecule has 2 aliphatic rings. The van der Waals surface area contributed by atoms with Crippen LogP contribution < -0.4 is 10.9 Å². The third-order valence-corrected chi connectivity index (χ3v) is 9.85. The topological polar surface area (TPSA) is 119 Å². The van der Waals surface area contributed by atoms with Crippen molar-refractivity contribution >= 4 is 45.0 Å². The predicted octanol–water partition coefficient (Wildman–Crippen LogP) is 4.47. The number of likely N-dealkylation sites (tertiary alicyclic amines) is 2. The number of benzene rings is 1. The van der Waals surface area contributed by atoms with Gasteiger partial charge in [-0.15, -0.1) is 5.10 Å². The van der Waals surface area contributed by atoms with Crippen LogP contribution in [0.3, 0.4) is 0 Å². The van der Waals surface area contributed by atoms with Gasteiger partial charge in [0.05, 0.1) is 24.0 Å². The van der Waals surface area contributed by atoms with E-state index < -0.39 is 0 Å². The molecule has 0 spiro atoms. The molecule has 0 bridgehead atoms. The maximum atomic E-state index is 14.0. The number of likely N-dealkylation sites (N-methyl/N-ethyl adjacent to an activating group) is 1. The Kier molecular flexibility index (Phi) is 7.80. The van der Waals surface area contributed by atoms with Crippen LogP contribution >= 0.6 is 11.6 Å². The predicted molar refractivity (Wildman–Crippen MR) is 179 cm³/mol. The molecular formula is C33H39ClN10O2. The summed E-state index contributed by atoms with van der Waals surface area (Å²) in [4.78, 5) is 40.3. The van der Waals surface area contributed by atoms with E-state index in [-0.39, 0.29) is 29.6 Å². The van der Waals surface area contributed by atoms with E-state index in [9.17, 15) is 9.59 Å². The lowest BCUT2D eigenvalue weighted by Gasteiger charge is -2.35. The highest BCUT2D eigenvalue weighted by atomic mass is 35.5. The minimum atomic E-state index is -0.213. The summed E-state index contributed by atoms with van der Waals surface area (Å²) in [5.41, 5.74) is 3.99. The number of amides is 1. The molecule has 12 nitrogen and oxygen atoms in total. The van der Waals surface area contributed by atoms with Gasteiger partial charge >= 0.3 is 0 Å². The minimum Gasteiger partial charge on any atom is -0.377 e. The Labute approximate surface area is 272 Å². The van der Waals surface area contributed by atoms with Crippen molar-refractivity contribution in [3.8, 4) is 11.5 Å². The van der Waals surface area contributed by atoms with Gasteiger partial charge < -0.3 is 10.2 Å². The summed E-state index contributed by atoms with van der Waals surface area (Å²) in [6.07, 6.45) is 7.09. The van der Waals surface area contributed by atoms with E-state index in [0.717, 1.165) is 65.5 Å². The van der Waals surface area contributed by atoms with Crippen molar-refractivity contribution in [2.24, 2.45) is 14.1 Å². The average Bonchev–Trinajstić information content (AvgIpc) is 3.80. The van der Waals surface area contributed by atoms with Crippen molar-refractivity contribution in [3.05, 3.63) is 63.4 Å². The molecule has 4 aromatic heterocycles. The molecule has 1 N–H and O–H groups in total. The third kappa shape index (κ3) is 5.23. The molecule has 6 heterocycles. The number of pyridine rings is 2. The van der Waals surface area contributed by atoms with Crippen LogP contribution in [0.2, 0.25) is 5.15 Å². The zero-order chi connectivity index (χ0) is 32.3. The van der Waals surface area contributed by atoms with E-state index in [1.807, 2.05) is 48.9 Å². The van der Waals surface area contributed by atoms with Crippen molar-refractivity contribution in [1.82, 2.24) is 43.9 Å². The first-order valence-corrected chi connectivity index (χ1v) is 16.3. The first-order valence-electron chi connectivity index (χ1n) is 15.9. The highest BCUT2D eigenvalue weighted by Crippen LogP contribution is 2.36. The number of hydrogen-bond donors (Lipinski definition) is 1. The maximum Gasteiger partial charge on any atom is 0.259 e. The highest BCUT2D eigenvalue weighted by molar-refractivity contribution is 6.29. The fraction of sp³-hybridized carbons (Fsp3) is 0.455. The monoisotopic (exact) mass is 642 g/mol. The lowest BCUT2D eigenvalue weighted by Crippen LogP contribution is -2.47. The van der Waals surface area contributed by atoms with Crippen molar-refractivity contribution in [2.45, 2.75) is 57.7 Å². The van der Waals surface area contributed by atoms with Crippen LogP contribution in [0.1, 0.15) is 55.8 Å². The Bertz CT molecular complexity index is 2020. The number of nitrogens with zero attached hydrogens (tertiary/aromatic N) is 9. The second-order valence-corrected chi connectivity index (χ2v) is 13.2. The number of halogens is 1. The summed E-state index contributed by atoms with van der Waals surface area (Å²) in [5.74, 6) is 0.705. The number of carbonyl (C=O) groups is 1. The van der Waals surface area contributed by atoms with Gasteiger partial charge in [-0.25, -0.2) is 14.6 Å². The lowest BCUT2D eigenvalue weighted by atomic mass is 9.95. The molecule has 1 aromatic carbocycles. The lowest BCUT2D eigenvalue weighted by molar-refractivity contribution is -0.136. The Morgan fingerprint density at radius 1 is 1.07 bits per heavy atom. The van der Waals surface area contributed by atoms with Gasteiger partial charge in [-0.1, -0.05) is 17.7 Å². The van der Waals surface area contributed by atoms with Gasteiger partial charge in [0.2, 0.25) is 11.7 Å². The van der Waals surface area contributed by atoms with Gasteiger partial charge in [0, 0.05) is 49.4 Å². The Morgan fingerprint density at radius 3 is 2.54 bits per heavy atom. The number of aryl methyl sites for hydroxylation is 3. The van der Waals surface area contributed by atoms with Crippen molar-refractivity contribution in [2.75, 3.05) is 32.0 Å². The number of carbonyl (C=O) groups excluding carboxylic acids is 1. The number of nitrogens with one attached hydrogen (secondary N) is 1. The molecule has 0 saturated carbocycles. The number of piperidine rings is 1. The number of aromatic nitrogens is 7. The maximum absolute atomic E-state index is 14.0. The molecule has 0 radical (unpaired) electrons. The van der Waals surface area contributed by atoms with Crippen LogP contribution in [0.15, 0.2) is 41.6 Å². The molecule has 2 atom stereocenters. The third-order valence-electron chi connectivity index (χ3n) is 9.64. The summed E-state index contributed by atoms with van der Waals surface area (Å²) in [6.45, 7) is 6.42. The SMILES string of the molecule is Cc1cc(C(C)Nc2ccc(Cl)nc2-c2ncn(C)n2)c2c(c1)c(=O)n(C)c1c2cnn1C1CCN(C(=O)[C@@H]2CCCN2C)CC1. The fourth-order valence-electron chi connectivity index (χ4n) is 7.28. The summed E-state index contributed by atoms with van der Waals surface area (Å²) in [5, 5.41) is 15.7. The standard InChI is InChI=1S/C33H39ClN10O2/c1-19-15-22(20(2)37-25-8-9-27(34)38-29(25)30-35-18-41(4)39-30)28-23(16-19)32(45)42(5)31-24(28)17-36-44(31)21-10-13-43(14-11-21)33(46)26-7-6-12-40(26)3/h8-9,15-18,20-21,26,37H,6-7,10-14H2,1-5H3/t20?,26-/m0/s1. The molecule has 240 valence electrons. The Balaban J connectivity index is 1.24. The highest BCUT2D eigenvalue weighted by Gasteiger charge is 2.34. The summed E-state index contributed by atoms with van der Waals surface area (Å²) in [6, 6.07) is 7.57. The number of hydrogen-bond acceptors (Lipinski definition) is 8. The molecule has 1 unspecified atom stereocenters. The molecule has 5 aromatic rings. The molecular weight excluding hydrogens is 604 g/mol. The van der Waals surface area contributed by atoms with Gasteiger partial charge in [-0.05, 0) is 82.4 Å². The van der Waals surface area contributed by atoms with Gasteiger partial charge in [-0.2, -0.15) is 5.10 Å². The van der Waals surface area contributed by atoms with Gasteiger partial charge in [0.15, 0.2) is 0 Å². The van der Waals surface area contributed by atoms with Gasteiger partial charge in [0.1, 0.15) is 22.8 Å². The minimum absolute atomic E-state index is 0.00769. The number of anilines is 1. The van der Waals surface area contributed by atoms with Crippen molar-refractivity contribution in [3.63, 3.8) is 0 Å². The van der Waals surface area contributed by atoms with E-state index in [2.05, 4.69) is 38.3 Å². The van der Waals surface area contributed by atoms with Crippen LogP contribution in [0.4, 0.5) is 5.69 Å². The number of rotatable bonds is 6. The van der Waals surface area contributed by atoms with Crippen LogP contribution in [0.5, 0.6) is 0 Å². The molecule has 2 fully saturated rings. The summed E-state index contributed by atoms with van der Waals surface area (Å²) in [7, 11) is 5.67. The second-order valence-electron chi connectivity index (χ2n) is 12.8. The molecule has 46 heavy (non-hydrogen) atoms. The first-order chi connectivity index (χ1) is 22.1. The quantitative estimate of drug-likeness (QED) is 0.270. The van der Waals surface area contributed by atoms with E-state index in [0.29, 0.717) is 35.1 Å². The van der Waals surface area contributed by atoms with E-state index in [1.165, 1.54) is 0 Å². The first kappa shape index (κ1) is 30.4. The number of fused-ring (bicyclic) bond motifs is 3. The zero-order valence-corrected chi connectivity index (χ0v) is 27.6. The average molecular weight is 643 g/mol. The zero-order valence-electron chi connectivity index (χ0n) is 26.9. The largest absolute Gasteiger partial charge is 0.377 e. The summed E-state index contributed by atoms with van der Waals surface area (Å²) < 4.78 is 5.36. The molecule has 0 aliphatic carbocycles. The van der Waals surface area contributed by atoms with Crippen molar-refractivity contribution < 1.29 is 4.79 Å². The van der Waals surface area contributed by atoms with Crippen LogP contribution in [-0.4, -0.2) is 82.5 Å². The molecule has 2 saturated heterocycles. The van der Waals surface area contributed by atoms with Gasteiger partial charge in [0.25, 0.3) is 5.56 Å².